The lowest BCUT2D eigenvalue weighted by atomic mass is 10.1. The van der Waals surface area contributed by atoms with Crippen LogP contribution in [-0.4, -0.2) is 37.0 Å². The van der Waals surface area contributed by atoms with Gasteiger partial charge in [-0.1, -0.05) is 11.6 Å². The summed E-state index contributed by atoms with van der Waals surface area (Å²) in [6.45, 7) is 6.08. The fraction of sp³-hybridized carbons (Fsp3) is 0.562. The Kier molecular flexibility index (Phi) is 3.45. The van der Waals surface area contributed by atoms with Gasteiger partial charge in [-0.05, 0) is 44.7 Å². The molecule has 1 aromatic carbocycles. The van der Waals surface area contributed by atoms with E-state index in [2.05, 4.69) is 30.0 Å². The van der Waals surface area contributed by atoms with Gasteiger partial charge in [0.15, 0.2) is 0 Å². The van der Waals surface area contributed by atoms with E-state index in [1.165, 1.54) is 18.4 Å². The minimum absolute atomic E-state index is 0.225. The van der Waals surface area contributed by atoms with E-state index in [1.54, 1.807) is 0 Å². The molecule has 0 aliphatic carbocycles. The van der Waals surface area contributed by atoms with Crippen LogP contribution >= 0.6 is 0 Å². The quantitative estimate of drug-likeness (QED) is 0.814. The standard InChI is InChI=1S/C16H22N2O/c1-13-6-7-15(17-8-2-3-9-17)14(12-13)16(19)18-10-4-5-11-18/h6-7,12H,2-5,8-11H2,1H3. The molecule has 19 heavy (non-hydrogen) atoms. The summed E-state index contributed by atoms with van der Waals surface area (Å²) in [6.07, 6.45) is 4.78. The molecule has 2 heterocycles. The molecule has 102 valence electrons. The van der Waals surface area contributed by atoms with Gasteiger partial charge in [-0.25, -0.2) is 0 Å². The van der Waals surface area contributed by atoms with Crippen molar-refractivity contribution in [2.75, 3.05) is 31.1 Å². The molecule has 3 heteroatoms. The van der Waals surface area contributed by atoms with E-state index in [0.29, 0.717) is 0 Å². The second kappa shape index (κ2) is 5.24. The Hall–Kier alpha value is -1.51. The number of hydrogen-bond donors (Lipinski definition) is 0. The van der Waals surface area contributed by atoms with E-state index in [0.717, 1.165) is 50.3 Å². The van der Waals surface area contributed by atoms with Gasteiger partial charge in [0.2, 0.25) is 0 Å². The lowest BCUT2D eigenvalue weighted by Gasteiger charge is -2.24. The Morgan fingerprint density at radius 2 is 1.63 bits per heavy atom. The maximum absolute atomic E-state index is 12.7. The minimum Gasteiger partial charge on any atom is -0.371 e. The lowest BCUT2D eigenvalue weighted by Crippen LogP contribution is -2.30. The summed E-state index contributed by atoms with van der Waals surface area (Å²) in [7, 11) is 0. The highest BCUT2D eigenvalue weighted by Crippen LogP contribution is 2.27. The van der Waals surface area contributed by atoms with Gasteiger partial charge in [-0.3, -0.25) is 4.79 Å². The van der Waals surface area contributed by atoms with Crippen molar-refractivity contribution in [3.63, 3.8) is 0 Å². The molecule has 0 radical (unpaired) electrons. The van der Waals surface area contributed by atoms with Crippen molar-refractivity contribution in [3.8, 4) is 0 Å². The summed E-state index contributed by atoms with van der Waals surface area (Å²) in [5, 5.41) is 0. The molecule has 0 atom stereocenters. The molecule has 1 amide bonds. The van der Waals surface area contributed by atoms with Gasteiger partial charge in [-0.15, -0.1) is 0 Å². The van der Waals surface area contributed by atoms with Gasteiger partial charge in [0.25, 0.3) is 5.91 Å². The highest BCUT2D eigenvalue weighted by atomic mass is 16.2. The summed E-state index contributed by atoms with van der Waals surface area (Å²) < 4.78 is 0. The highest BCUT2D eigenvalue weighted by Gasteiger charge is 2.24. The summed E-state index contributed by atoms with van der Waals surface area (Å²) in [5.74, 6) is 0.225. The van der Waals surface area contributed by atoms with Crippen LogP contribution in [0, 0.1) is 6.92 Å². The Balaban J connectivity index is 1.93. The van der Waals surface area contributed by atoms with E-state index >= 15 is 0 Å². The van der Waals surface area contributed by atoms with Crippen molar-refractivity contribution >= 4 is 11.6 Å². The van der Waals surface area contributed by atoms with Crippen LogP contribution in [0.1, 0.15) is 41.6 Å². The van der Waals surface area contributed by atoms with Crippen LogP contribution in [0.4, 0.5) is 5.69 Å². The normalized spacial score (nSPS) is 19.2. The van der Waals surface area contributed by atoms with Crippen molar-refractivity contribution in [1.82, 2.24) is 4.90 Å². The van der Waals surface area contributed by atoms with Gasteiger partial charge in [0, 0.05) is 31.9 Å². The average Bonchev–Trinajstić information content (AvgIpc) is 3.11. The summed E-state index contributed by atoms with van der Waals surface area (Å²) in [5.41, 5.74) is 3.22. The molecule has 3 rings (SSSR count). The van der Waals surface area contributed by atoms with Gasteiger partial charge in [-0.2, -0.15) is 0 Å². The fourth-order valence-corrected chi connectivity index (χ4v) is 3.15. The number of carbonyl (C=O) groups is 1. The van der Waals surface area contributed by atoms with Crippen LogP contribution in [0.3, 0.4) is 0 Å². The number of benzene rings is 1. The first-order valence-electron chi connectivity index (χ1n) is 7.40. The largest absolute Gasteiger partial charge is 0.371 e. The third-order valence-electron chi connectivity index (χ3n) is 4.22. The second-order valence-corrected chi connectivity index (χ2v) is 5.71. The predicted molar refractivity (Wildman–Crippen MR) is 77.8 cm³/mol. The molecule has 1 aromatic rings. The van der Waals surface area contributed by atoms with Crippen molar-refractivity contribution < 1.29 is 4.79 Å². The fourth-order valence-electron chi connectivity index (χ4n) is 3.15. The molecule has 2 fully saturated rings. The number of aryl methyl sites for hydroxylation is 1. The smallest absolute Gasteiger partial charge is 0.255 e. The van der Waals surface area contributed by atoms with E-state index in [9.17, 15) is 4.79 Å². The zero-order valence-electron chi connectivity index (χ0n) is 11.7. The molecule has 0 aromatic heterocycles. The van der Waals surface area contributed by atoms with E-state index in [4.69, 9.17) is 0 Å². The first kappa shape index (κ1) is 12.5. The van der Waals surface area contributed by atoms with E-state index in [1.807, 2.05) is 4.90 Å². The lowest BCUT2D eigenvalue weighted by molar-refractivity contribution is 0.0793. The molecule has 0 spiro atoms. The molecule has 2 aliphatic rings. The van der Waals surface area contributed by atoms with Gasteiger partial charge < -0.3 is 9.80 Å². The third-order valence-corrected chi connectivity index (χ3v) is 4.22. The molecular weight excluding hydrogens is 236 g/mol. The van der Waals surface area contributed by atoms with Gasteiger partial charge in [0.05, 0.1) is 5.56 Å². The number of hydrogen-bond acceptors (Lipinski definition) is 2. The van der Waals surface area contributed by atoms with Crippen LogP contribution < -0.4 is 4.90 Å². The average molecular weight is 258 g/mol. The Bertz CT molecular complexity index is 472. The Morgan fingerprint density at radius 1 is 1.00 bits per heavy atom. The number of amides is 1. The SMILES string of the molecule is Cc1ccc(N2CCCC2)c(C(=O)N2CCCC2)c1. The summed E-state index contributed by atoms with van der Waals surface area (Å²) in [4.78, 5) is 17.0. The second-order valence-electron chi connectivity index (χ2n) is 5.71. The Labute approximate surface area is 115 Å². The minimum atomic E-state index is 0.225. The van der Waals surface area contributed by atoms with Crippen LogP contribution in [-0.2, 0) is 0 Å². The first-order valence-corrected chi connectivity index (χ1v) is 7.40. The van der Waals surface area contributed by atoms with Crippen LogP contribution in [0.25, 0.3) is 0 Å². The van der Waals surface area contributed by atoms with Crippen molar-refractivity contribution in [1.29, 1.82) is 0 Å². The predicted octanol–water partition coefficient (Wildman–Crippen LogP) is 2.83. The topological polar surface area (TPSA) is 23.6 Å². The number of nitrogens with zero attached hydrogens (tertiary/aromatic N) is 2. The molecule has 2 aliphatic heterocycles. The molecule has 0 saturated carbocycles. The van der Waals surface area contributed by atoms with E-state index < -0.39 is 0 Å². The Morgan fingerprint density at radius 3 is 2.32 bits per heavy atom. The van der Waals surface area contributed by atoms with Crippen molar-refractivity contribution in [3.05, 3.63) is 29.3 Å². The van der Waals surface area contributed by atoms with Crippen LogP contribution in [0.5, 0.6) is 0 Å². The molecule has 3 nitrogen and oxygen atoms in total. The number of carbonyl (C=O) groups excluding carboxylic acids is 1. The molecular formula is C16H22N2O. The monoisotopic (exact) mass is 258 g/mol. The van der Waals surface area contributed by atoms with Gasteiger partial charge in [0.1, 0.15) is 0 Å². The molecule has 0 N–H and O–H groups in total. The van der Waals surface area contributed by atoms with Crippen LogP contribution in [0.15, 0.2) is 18.2 Å². The van der Waals surface area contributed by atoms with E-state index in [-0.39, 0.29) is 5.91 Å². The molecule has 0 bridgehead atoms. The van der Waals surface area contributed by atoms with Crippen LogP contribution in [0.2, 0.25) is 0 Å². The van der Waals surface area contributed by atoms with Gasteiger partial charge >= 0.3 is 0 Å². The van der Waals surface area contributed by atoms with Crippen molar-refractivity contribution in [2.45, 2.75) is 32.6 Å². The maximum Gasteiger partial charge on any atom is 0.255 e. The first-order chi connectivity index (χ1) is 9.25. The zero-order valence-corrected chi connectivity index (χ0v) is 11.7. The number of rotatable bonds is 2. The zero-order chi connectivity index (χ0) is 13.2. The summed E-state index contributed by atoms with van der Waals surface area (Å²) in [6, 6.07) is 6.31. The molecule has 0 unspecified atom stereocenters. The maximum atomic E-state index is 12.7. The molecule has 2 saturated heterocycles. The number of anilines is 1. The highest BCUT2D eigenvalue weighted by molar-refractivity contribution is 6.00. The summed E-state index contributed by atoms with van der Waals surface area (Å²) >= 11 is 0. The third kappa shape index (κ3) is 2.46. The van der Waals surface area contributed by atoms with Crippen molar-refractivity contribution in [2.24, 2.45) is 0 Å². The number of likely N-dealkylation sites (tertiary alicyclic amines) is 1.